The van der Waals surface area contributed by atoms with Crippen molar-refractivity contribution in [2.24, 2.45) is 0 Å². The van der Waals surface area contributed by atoms with Crippen LogP contribution in [0.5, 0.6) is 0 Å². The Kier molecular flexibility index (Phi) is 5.04. The molecule has 2 aliphatic rings. The van der Waals surface area contributed by atoms with Crippen LogP contribution in [0.2, 0.25) is 0 Å². The van der Waals surface area contributed by atoms with E-state index >= 15 is 0 Å². The molecule has 0 aliphatic carbocycles. The minimum absolute atomic E-state index is 0.0634. The number of hydrogen-bond acceptors (Lipinski definition) is 3. The highest BCUT2D eigenvalue weighted by Gasteiger charge is 2.33. The topological polar surface area (TPSA) is 55.9 Å². The number of amides is 3. The number of anilines is 1. The second-order valence-electron chi connectivity index (χ2n) is 6.84. The second kappa shape index (κ2) is 7.21. The number of carbonyl (C=O) groups excluding carboxylic acids is 2. The lowest BCUT2D eigenvalue weighted by atomic mass is 10.0. The first-order valence-corrected chi connectivity index (χ1v) is 8.62. The molecule has 2 fully saturated rings. The summed E-state index contributed by atoms with van der Waals surface area (Å²) in [4.78, 5) is 30.6. The number of likely N-dealkylation sites (tertiary alicyclic amines) is 1. The molecule has 2 aliphatic heterocycles. The molecule has 1 N–H and O–H groups in total. The molecule has 1 aromatic rings. The van der Waals surface area contributed by atoms with Gasteiger partial charge in [0, 0.05) is 31.7 Å². The Hall–Kier alpha value is -2.08. The van der Waals surface area contributed by atoms with Gasteiger partial charge in [0.15, 0.2) is 0 Å². The van der Waals surface area contributed by atoms with Crippen LogP contribution in [-0.4, -0.2) is 67.6 Å². The highest BCUT2D eigenvalue weighted by Crippen LogP contribution is 2.21. The van der Waals surface area contributed by atoms with Crippen molar-refractivity contribution in [2.75, 3.05) is 38.6 Å². The predicted octanol–water partition coefficient (Wildman–Crippen LogP) is 1.53. The number of nitrogens with zero attached hydrogens (tertiary/aromatic N) is 3. The van der Waals surface area contributed by atoms with E-state index in [9.17, 15) is 9.59 Å². The minimum Gasteiger partial charge on any atom is -0.333 e. The molecule has 1 unspecified atom stereocenters. The van der Waals surface area contributed by atoms with Gasteiger partial charge in [-0.1, -0.05) is 18.2 Å². The zero-order valence-corrected chi connectivity index (χ0v) is 14.4. The van der Waals surface area contributed by atoms with E-state index in [-0.39, 0.29) is 24.0 Å². The number of piperidine rings is 1. The zero-order valence-electron chi connectivity index (χ0n) is 14.4. The van der Waals surface area contributed by atoms with Gasteiger partial charge >= 0.3 is 6.03 Å². The van der Waals surface area contributed by atoms with Crippen molar-refractivity contribution in [3.8, 4) is 0 Å². The normalized spacial score (nSPS) is 22.7. The van der Waals surface area contributed by atoms with Crippen LogP contribution in [0.15, 0.2) is 30.3 Å². The summed E-state index contributed by atoms with van der Waals surface area (Å²) in [5, 5.41) is 3.03. The average molecular weight is 330 g/mol. The third kappa shape index (κ3) is 3.70. The smallest absolute Gasteiger partial charge is 0.317 e. The minimum atomic E-state index is -0.126. The van der Waals surface area contributed by atoms with E-state index in [2.05, 4.69) is 17.3 Å². The number of para-hydroxylation sites is 1. The molecule has 24 heavy (non-hydrogen) atoms. The van der Waals surface area contributed by atoms with E-state index in [4.69, 9.17) is 0 Å². The van der Waals surface area contributed by atoms with Gasteiger partial charge in [-0.05, 0) is 45.1 Å². The van der Waals surface area contributed by atoms with Crippen LogP contribution in [0.3, 0.4) is 0 Å². The summed E-state index contributed by atoms with van der Waals surface area (Å²) in [7, 11) is 3.97. The molecule has 3 rings (SSSR count). The second-order valence-corrected chi connectivity index (χ2v) is 6.84. The van der Waals surface area contributed by atoms with E-state index in [0.29, 0.717) is 13.0 Å². The summed E-state index contributed by atoms with van der Waals surface area (Å²) >= 11 is 0. The lowest BCUT2D eigenvalue weighted by molar-refractivity contribution is -0.117. The Morgan fingerprint density at radius 2 is 1.88 bits per heavy atom. The van der Waals surface area contributed by atoms with Crippen LogP contribution in [0.4, 0.5) is 10.5 Å². The molecule has 1 atom stereocenters. The van der Waals surface area contributed by atoms with E-state index in [1.165, 1.54) is 0 Å². The van der Waals surface area contributed by atoms with E-state index < -0.39 is 0 Å². The summed E-state index contributed by atoms with van der Waals surface area (Å²) in [6.07, 6.45) is 2.36. The van der Waals surface area contributed by atoms with Crippen LogP contribution in [0.25, 0.3) is 0 Å². The first-order valence-electron chi connectivity index (χ1n) is 8.62. The fourth-order valence-electron chi connectivity index (χ4n) is 3.49. The number of carbonyl (C=O) groups is 2. The lowest BCUT2D eigenvalue weighted by Gasteiger charge is -2.35. The van der Waals surface area contributed by atoms with E-state index in [0.717, 1.165) is 31.6 Å². The quantitative estimate of drug-likeness (QED) is 0.914. The Bertz CT molecular complexity index is 584. The lowest BCUT2D eigenvalue weighted by Crippen LogP contribution is -2.50. The SMILES string of the molecule is CN1CCC(N(C)C(=O)NC2CC(=O)N(c3ccccc3)C2)CC1. The molecule has 3 amide bonds. The van der Waals surface area contributed by atoms with E-state index in [1.54, 1.807) is 4.90 Å². The van der Waals surface area contributed by atoms with Gasteiger partial charge in [0.1, 0.15) is 0 Å². The molecular formula is C18H26N4O2. The number of rotatable bonds is 3. The summed E-state index contributed by atoms with van der Waals surface area (Å²) in [6, 6.07) is 9.70. The van der Waals surface area contributed by atoms with Crippen molar-refractivity contribution in [3.63, 3.8) is 0 Å². The highest BCUT2D eigenvalue weighted by atomic mass is 16.2. The molecule has 0 aromatic heterocycles. The summed E-state index contributed by atoms with van der Waals surface area (Å²) in [6.45, 7) is 2.58. The molecule has 6 nitrogen and oxygen atoms in total. The Morgan fingerprint density at radius 3 is 2.54 bits per heavy atom. The third-order valence-electron chi connectivity index (χ3n) is 5.08. The number of hydrogen-bond donors (Lipinski definition) is 1. The molecule has 2 heterocycles. The molecule has 0 radical (unpaired) electrons. The third-order valence-corrected chi connectivity index (χ3v) is 5.08. The van der Waals surface area contributed by atoms with Crippen LogP contribution in [0, 0.1) is 0 Å². The molecule has 6 heteroatoms. The summed E-state index contributed by atoms with van der Waals surface area (Å²) in [5.41, 5.74) is 0.892. The maximum atomic E-state index is 12.5. The first kappa shape index (κ1) is 16.8. The van der Waals surface area contributed by atoms with Crippen molar-refractivity contribution in [1.82, 2.24) is 15.1 Å². The Morgan fingerprint density at radius 1 is 1.21 bits per heavy atom. The monoisotopic (exact) mass is 330 g/mol. The predicted molar refractivity (Wildman–Crippen MR) is 94.0 cm³/mol. The van der Waals surface area contributed by atoms with Crippen molar-refractivity contribution in [1.29, 1.82) is 0 Å². The number of benzene rings is 1. The van der Waals surface area contributed by atoms with Crippen LogP contribution in [-0.2, 0) is 4.79 Å². The van der Waals surface area contributed by atoms with Crippen molar-refractivity contribution >= 4 is 17.6 Å². The van der Waals surface area contributed by atoms with Crippen molar-refractivity contribution in [3.05, 3.63) is 30.3 Å². The molecule has 1 aromatic carbocycles. The van der Waals surface area contributed by atoms with Gasteiger partial charge in [-0.25, -0.2) is 4.79 Å². The molecule has 130 valence electrons. The van der Waals surface area contributed by atoms with Gasteiger partial charge in [0.25, 0.3) is 0 Å². The van der Waals surface area contributed by atoms with Gasteiger partial charge in [-0.15, -0.1) is 0 Å². The maximum Gasteiger partial charge on any atom is 0.317 e. The Balaban J connectivity index is 1.54. The van der Waals surface area contributed by atoms with Crippen molar-refractivity contribution in [2.45, 2.75) is 31.3 Å². The zero-order chi connectivity index (χ0) is 17.1. The molecule has 2 saturated heterocycles. The molecular weight excluding hydrogens is 304 g/mol. The van der Waals surface area contributed by atoms with Crippen molar-refractivity contribution < 1.29 is 9.59 Å². The standard InChI is InChI=1S/C18H26N4O2/c1-20-10-8-15(9-11-20)21(2)18(24)19-14-12-17(23)22(13-14)16-6-4-3-5-7-16/h3-7,14-15H,8-13H2,1-2H3,(H,19,24). The molecule has 0 bridgehead atoms. The van der Waals surface area contributed by atoms with Crippen LogP contribution < -0.4 is 10.2 Å². The van der Waals surface area contributed by atoms with Crippen LogP contribution in [0.1, 0.15) is 19.3 Å². The largest absolute Gasteiger partial charge is 0.333 e. The first-order chi connectivity index (χ1) is 11.5. The molecule has 0 saturated carbocycles. The van der Waals surface area contributed by atoms with Gasteiger partial charge in [-0.2, -0.15) is 0 Å². The van der Waals surface area contributed by atoms with Gasteiger partial charge in [0.2, 0.25) is 5.91 Å². The fraction of sp³-hybridized carbons (Fsp3) is 0.556. The van der Waals surface area contributed by atoms with E-state index in [1.807, 2.05) is 42.3 Å². The highest BCUT2D eigenvalue weighted by molar-refractivity contribution is 5.96. The fourth-order valence-corrected chi connectivity index (χ4v) is 3.49. The summed E-state index contributed by atoms with van der Waals surface area (Å²) < 4.78 is 0. The van der Waals surface area contributed by atoms with Crippen LogP contribution >= 0.6 is 0 Å². The van der Waals surface area contributed by atoms with Gasteiger partial charge in [-0.3, -0.25) is 4.79 Å². The van der Waals surface area contributed by atoms with Gasteiger partial charge < -0.3 is 20.0 Å². The van der Waals surface area contributed by atoms with Gasteiger partial charge in [0.05, 0.1) is 6.04 Å². The average Bonchev–Trinajstić information content (AvgIpc) is 2.96. The number of nitrogens with one attached hydrogen (secondary N) is 1. The maximum absolute atomic E-state index is 12.5. The molecule has 0 spiro atoms. The Labute approximate surface area is 143 Å². The summed E-state index contributed by atoms with van der Waals surface area (Å²) in [5.74, 6) is 0.0634. The number of urea groups is 1.